The predicted molar refractivity (Wildman–Crippen MR) is 123 cm³/mol. The highest BCUT2D eigenvalue weighted by atomic mass is 19.1. The fourth-order valence-electron chi connectivity index (χ4n) is 3.65. The number of anilines is 1. The highest BCUT2D eigenvalue weighted by Gasteiger charge is 2.22. The van der Waals surface area contributed by atoms with Crippen LogP contribution in [0.5, 0.6) is 5.75 Å². The molecule has 1 unspecified atom stereocenters. The number of likely N-dealkylation sites (N-methyl/N-ethyl adjacent to an activating group) is 1. The minimum Gasteiger partial charge on any atom is -0.497 e. The Morgan fingerprint density at radius 2 is 1.81 bits per heavy atom. The molecular formula is C25H27FN4O2. The fraction of sp³-hybridized carbons (Fsp3) is 0.280. The first-order valence-electron chi connectivity index (χ1n) is 10.3. The highest BCUT2D eigenvalue weighted by Crippen LogP contribution is 2.31. The molecule has 0 aliphatic heterocycles. The van der Waals surface area contributed by atoms with E-state index >= 15 is 0 Å². The number of carbonyl (C=O) groups is 1. The van der Waals surface area contributed by atoms with E-state index in [9.17, 15) is 14.4 Å². The molecule has 0 bridgehead atoms. The van der Waals surface area contributed by atoms with Crippen LogP contribution < -0.4 is 10.1 Å². The van der Waals surface area contributed by atoms with Crippen molar-refractivity contribution in [2.24, 2.45) is 0 Å². The van der Waals surface area contributed by atoms with E-state index in [0.717, 1.165) is 28.3 Å². The van der Waals surface area contributed by atoms with E-state index < -0.39 is 0 Å². The molecule has 166 valence electrons. The zero-order chi connectivity index (χ0) is 23.4. The molecule has 1 amide bonds. The second kappa shape index (κ2) is 9.67. The number of ether oxygens (including phenoxy) is 1. The summed E-state index contributed by atoms with van der Waals surface area (Å²) in [5.41, 5.74) is 3.84. The van der Waals surface area contributed by atoms with Gasteiger partial charge in [-0.3, -0.25) is 14.3 Å². The van der Waals surface area contributed by atoms with Crippen molar-refractivity contribution in [2.45, 2.75) is 26.8 Å². The molecule has 0 aliphatic rings. The van der Waals surface area contributed by atoms with E-state index in [0.29, 0.717) is 11.4 Å². The van der Waals surface area contributed by atoms with Gasteiger partial charge in [-0.25, -0.2) is 4.39 Å². The lowest BCUT2D eigenvalue weighted by molar-refractivity contribution is -0.117. The van der Waals surface area contributed by atoms with Gasteiger partial charge in [-0.05, 0) is 75.3 Å². The number of rotatable bonds is 7. The number of nitriles is 1. The minimum atomic E-state index is -0.296. The van der Waals surface area contributed by atoms with Gasteiger partial charge in [0.2, 0.25) is 5.91 Å². The molecule has 1 heterocycles. The van der Waals surface area contributed by atoms with Crippen LogP contribution in [-0.4, -0.2) is 36.1 Å². The summed E-state index contributed by atoms with van der Waals surface area (Å²) < 4.78 is 20.3. The third kappa shape index (κ3) is 4.66. The van der Waals surface area contributed by atoms with Crippen LogP contribution in [-0.2, 0) is 4.79 Å². The molecule has 0 spiro atoms. The zero-order valence-electron chi connectivity index (χ0n) is 18.9. The van der Waals surface area contributed by atoms with Crippen LogP contribution in [0.2, 0.25) is 0 Å². The van der Waals surface area contributed by atoms with Gasteiger partial charge >= 0.3 is 0 Å². The molecule has 0 fully saturated rings. The van der Waals surface area contributed by atoms with Gasteiger partial charge in [0.15, 0.2) is 0 Å². The van der Waals surface area contributed by atoms with Crippen molar-refractivity contribution in [3.05, 3.63) is 76.7 Å². The van der Waals surface area contributed by atoms with Crippen molar-refractivity contribution in [3.8, 4) is 17.5 Å². The summed E-state index contributed by atoms with van der Waals surface area (Å²) in [6.07, 6.45) is 0. The molecule has 0 radical (unpaired) electrons. The van der Waals surface area contributed by atoms with Crippen molar-refractivity contribution in [1.82, 2.24) is 9.47 Å². The number of methoxy groups -OCH3 is 1. The molecule has 1 atom stereocenters. The van der Waals surface area contributed by atoms with E-state index in [2.05, 4.69) is 11.4 Å². The first kappa shape index (κ1) is 23.0. The van der Waals surface area contributed by atoms with Crippen molar-refractivity contribution in [1.29, 1.82) is 5.26 Å². The standard InChI is InChI=1S/C25H27FN4O2/c1-16-17(2)30(21-10-12-22(32-5)13-11-21)25(23(16)14-27)28-24(31)15-29(4)18(3)19-6-8-20(26)9-7-19/h6-13,18H,15H2,1-5H3,(H,28,31). The van der Waals surface area contributed by atoms with Crippen molar-refractivity contribution in [3.63, 3.8) is 0 Å². The van der Waals surface area contributed by atoms with Gasteiger partial charge in [0.25, 0.3) is 0 Å². The summed E-state index contributed by atoms with van der Waals surface area (Å²) in [5.74, 6) is 0.624. The average Bonchev–Trinajstić information content (AvgIpc) is 3.02. The smallest absolute Gasteiger partial charge is 0.239 e. The average molecular weight is 435 g/mol. The molecule has 6 nitrogen and oxygen atoms in total. The largest absolute Gasteiger partial charge is 0.497 e. The topological polar surface area (TPSA) is 70.3 Å². The van der Waals surface area contributed by atoms with Crippen LogP contribution in [0.1, 0.15) is 35.3 Å². The highest BCUT2D eigenvalue weighted by molar-refractivity contribution is 5.93. The second-order valence-electron chi connectivity index (χ2n) is 7.77. The molecule has 2 aromatic carbocycles. The Morgan fingerprint density at radius 1 is 1.19 bits per heavy atom. The second-order valence-corrected chi connectivity index (χ2v) is 7.77. The Labute approximate surface area is 187 Å². The summed E-state index contributed by atoms with van der Waals surface area (Å²) in [4.78, 5) is 14.8. The Kier molecular flexibility index (Phi) is 6.96. The van der Waals surface area contributed by atoms with Gasteiger partial charge in [-0.2, -0.15) is 5.26 Å². The maximum absolute atomic E-state index is 13.2. The lowest BCUT2D eigenvalue weighted by Gasteiger charge is -2.24. The van der Waals surface area contributed by atoms with Gasteiger partial charge in [0.05, 0.1) is 19.2 Å². The Morgan fingerprint density at radius 3 is 2.38 bits per heavy atom. The summed E-state index contributed by atoms with van der Waals surface area (Å²) in [6, 6.07) is 15.8. The molecule has 3 rings (SSSR count). The van der Waals surface area contributed by atoms with Gasteiger partial charge in [0, 0.05) is 17.4 Å². The predicted octanol–water partition coefficient (Wildman–Crippen LogP) is 4.75. The normalized spacial score (nSPS) is 11.8. The number of nitrogens with zero attached hydrogens (tertiary/aromatic N) is 3. The minimum absolute atomic E-state index is 0.0892. The van der Waals surface area contributed by atoms with Crippen LogP contribution in [0.25, 0.3) is 5.69 Å². The zero-order valence-corrected chi connectivity index (χ0v) is 18.9. The van der Waals surface area contributed by atoms with Crippen molar-refractivity contribution >= 4 is 11.7 Å². The summed E-state index contributed by atoms with van der Waals surface area (Å²) >= 11 is 0. The van der Waals surface area contributed by atoms with Gasteiger partial charge in [0.1, 0.15) is 23.5 Å². The maximum Gasteiger partial charge on any atom is 0.239 e. The summed E-state index contributed by atoms with van der Waals surface area (Å²) in [6.45, 7) is 5.84. The first-order valence-corrected chi connectivity index (χ1v) is 10.3. The van der Waals surface area contributed by atoms with Crippen LogP contribution in [0.15, 0.2) is 48.5 Å². The molecule has 0 aliphatic carbocycles. The first-order chi connectivity index (χ1) is 15.3. The Bertz CT molecular complexity index is 1140. The van der Waals surface area contributed by atoms with Gasteiger partial charge in [-0.15, -0.1) is 0 Å². The van der Waals surface area contributed by atoms with E-state index in [-0.39, 0.29) is 24.3 Å². The number of nitrogens with one attached hydrogen (secondary N) is 1. The van der Waals surface area contributed by atoms with E-state index in [1.54, 1.807) is 19.2 Å². The van der Waals surface area contributed by atoms with Gasteiger partial charge < -0.3 is 10.1 Å². The Balaban J connectivity index is 1.85. The molecule has 7 heteroatoms. The van der Waals surface area contributed by atoms with Crippen LogP contribution >= 0.6 is 0 Å². The molecule has 0 saturated carbocycles. The summed E-state index contributed by atoms with van der Waals surface area (Å²) in [7, 11) is 3.43. The van der Waals surface area contributed by atoms with Gasteiger partial charge in [-0.1, -0.05) is 12.1 Å². The number of aromatic nitrogens is 1. The third-order valence-electron chi connectivity index (χ3n) is 5.82. The van der Waals surface area contributed by atoms with Crippen LogP contribution in [0.3, 0.4) is 0 Å². The number of carbonyl (C=O) groups excluding carboxylic acids is 1. The molecular weight excluding hydrogens is 407 g/mol. The molecule has 1 aromatic heterocycles. The molecule has 32 heavy (non-hydrogen) atoms. The quantitative estimate of drug-likeness (QED) is 0.583. The lowest BCUT2D eigenvalue weighted by atomic mass is 10.1. The number of hydrogen-bond donors (Lipinski definition) is 1. The monoisotopic (exact) mass is 434 g/mol. The maximum atomic E-state index is 13.2. The van der Waals surface area contributed by atoms with Crippen LogP contribution in [0.4, 0.5) is 10.2 Å². The molecule has 3 aromatic rings. The third-order valence-corrected chi connectivity index (χ3v) is 5.82. The number of halogens is 1. The van der Waals surface area contributed by atoms with E-state index in [1.165, 1.54) is 12.1 Å². The lowest BCUT2D eigenvalue weighted by Crippen LogP contribution is -2.32. The van der Waals surface area contributed by atoms with Crippen molar-refractivity contribution < 1.29 is 13.9 Å². The van der Waals surface area contributed by atoms with Crippen molar-refractivity contribution in [2.75, 3.05) is 26.0 Å². The number of hydrogen-bond acceptors (Lipinski definition) is 4. The molecule has 0 saturated heterocycles. The molecule has 1 N–H and O–H groups in total. The van der Waals surface area contributed by atoms with E-state index in [1.807, 2.05) is 61.6 Å². The van der Waals surface area contributed by atoms with E-state index in [4.69, 9.17) is 4.74 Å². The fourth-order valence-corrected chi connectivity index (χ4v) is 3.65. The van der Waals surface area contributed by atoms with Crippen LogP contribution in [0, 0.1) is 31.0 Å². The number of benzene rings is 2. The SMILES string of the molecule is COc1ccc(-n2c(C)c(C)c(C#N)c2NC(=O)CN(C)C(C)c2ccc(F)cc2)cc1. The Hall–Kier alpha value is -3.63. The summed E-state index contributed by atoms with van der Waals surface area (Å²) in [5, 5.41) is 12.7. The number of amides is 1.